The van der Waals surface area contributed by atoms with E-state index in [1.54, 1.807) is 24.4 Å². The molecule has 2 N–H and O–H groups in total. The van der Waals surface area contributed by atoms with Gasteiger partial charge in [0.2, 0.25) is 0 Å². The first-order chi connectivity index (χ1) is 15.3. The predicted molar refractivity (Wildman–Crippen MR) is 125 cm³/mol. The molecule has 1 aliphatic carbocycles. The third-order valence-electron chi connectivity index (χ3n) is 5.86. The first-order valence-electron chi connectivity index (χ1n) is 11.1. The summed E-state index contributed by atoms with van der Waals surface area (Å²) in [5.74, 6) is 0. The van der Waals surface area contributed by atoms with Gasteiger partial charge < -0.3 is 15.4 Å². The number of hydrogen-bond donors (Lipinski definition) is 2. The Bertz CT molecular complexity index is 1160. The van der Waals surface area contributed by atoms with Gasteiger partial charge in [-0.2, -0.15) is 9.78 Å². The lowest BCUT2D eigenvalue weighted by Crippen LogP contribution is -2.31. The molecule has 4 rings (SSSR count). The van der Waals surface area contributed by atoms with Crippen LogP contribution >= 0.6 is 0 Å². The summed E-state index contributed by atoms with van der Waals surface area (Å²) < 4.78 is 6.39. The van der Waals surface area contributed by atoms with Crippen molar-refractivity contribution in [2.75, 3.05) is 11.9 Å². The number of rotatable bonds is 4. The van der Waals surface area contributed by atoms with Crippen LogP contribution in [-0.2, 0) is 16.6 Å². The summed E-state index contributed by atoms with van der Waals surface area (Å²) in [5.41, 5.74) is 5.07. The Kier molecular flexibility index (Phi) is 5.91. The van der Waals surface area contributed by atoms with E-state index in [0.29, 0.717) is 23.2 Å². The highest BCUT2D eigenvalue weighted by atomic mass is 16.6. The smallest absolute Gasteiger partial charge is 0.435 e. The van der Waals surface area contributed by atoms with Crippen LogP contribution in [0.15, 0.2) is 42.6 Å². The molecular weight excluding hydrogens is 404 g/mol. The van der Waals surface area contributed by atoms with E-state index in [0.717, 1.165) is 19.3 Å². The van der Waals surface area contributed by atoms with E-state index in [2.05, 4.69) is 54.7 Å². The molecule has 1 aliphatic rings. The molecule has 7 heteroatoms. The summed E-state index contributed by atoms with van der Waals surface area (Å²) >= 11 is 0. The van der Waals surface area contributed by atoms with Gasteiger partial charge in [-0.15, -0.1) is 0 Å². The highest BCUT2D eigenvalue weighted by Gasteiger charge is 2.26. The van der Waals surface area contributed by atoms with Gasteiger partial charge in [-0.1, -0.05) is 52.0 Å². The van der Waals surface area contributed by atoms with E-state index < -0.39 is 6.09 Å². The largest absolute Gasteiger partial charge is 0.448 e. The normalized spacial score (nSPS) is 15.4. The van der Waals surface area contributed by atoms with Gasteiger partial charge in [0.15, 0.2) is 0 Å². The first-order valence-corrected chi connectivity index (χ1v) is 11.1. The minimum absolute atomic E-state index is 0.0232. The van der Waals surface area contributed by atoms with Crippen LogP contribution in [0.2, 0.25) is 0 Å². The number of benzene rings is 2. The van der Waals surface area contributed by atoms with Gasteiger partial charge in [-0.05, 0) is 53.5 Å². The molecule has 0 radical (unpaired) electrons. The van der Waals surface area contributed by atoms with Crippen LogP contribution in [0.5, 0.6) is 0 Å². The molecule has 32 heavy (non-hydrogen) atoms. The maximum atomic E-state index is 12.8. The summed E-state index contributed by atoms with van der Waals surface area (Å²) in [4.78, 5) is 25.0. The van der Waals surface area contributed by atoms with Gasteiger partial charge in [-0.25, -0.2) is 9.59 Å². The summed E-state index contributed by atoms with van der Waals surface area (Å²) in [6.07, 6.45) is 3.60. The molecule has 0 spiro atoms. The Labute approximate surface area is 188 Å². The third-order valence-corrected chi connectivity index (χ3v) is 5.86. The van der Waals surface area contributed by atoms with E-state index in [1.807, 2.05) is 6.92 Å². The quantitative estimate of drug-likeness (QED) is 0.565. The zero-order valence-electron chi connectivity index (χ0n) is 19.1. The topological polar surface area (TPSA) is 85.2 Å². The molecule has 1 heterocycles. The van der Waals surface area contributed by atoms with Crippen molar-refractivity contribution in [1.29, 1.82) is 0 Å². The zero-order chi connectivity index (χ0) is 22.9. The fourth-order valence-electron chi connectivity index (χ4n) is 4.11. The van der Waals surface area contributed by atoms with Crippen molar-refractivity contribution in [3.63, 3.8) is 0 Å². The lowest BCUT2D eigenvalue weighted by Gasteiger charge is -2.21. The third kappa shape index (κ3) is 4.33. The molecular formula is C25H30N4O3. The van der Waals surface area contributed by atoms with Gasteiger partial charge in [0.05, 0.1) is 30.0 Å². The molecule has 0 fully saturated rings. The van der Waals surface area contributed by atoms with Crippen molar-refractivity contribution < 1.29 is 14.3 Å². The molecule has 3 aromatic rings. The van der Waals surface area contributed by atoms with Crippen LogP contribution in [0.4, 0.5) is 15.3 Å². The first kappa shape index (κ1) is 21.9. The summed E-state index contributed by atoms with van der Waals surface area (Å²) in [7, 11) is 0. The van der Waals surface area contributed by atoms with E-state index >= 15 is 0 Å². The number of urea groups is 1. The van der Waals surface area contributed by atoms with E-state index in [4.69, 9.17) is 4.74 Å². The van der Waals surface area contributed by atoms with Gasteiger partial charge in [0.1, 0.15) is 0 Å². The molecule has 2 aromatic carbocycles. The molecule has 0 saturated heterocycles. The Morgan fingerprint density at radius 3 is 2.78 bits per heavy atom. The molecule has 0 bridgehead atoms. The van der Waals surface area contributed by atoms with Crippen molar-refractivity contribution in [1.82, 2.24) is 15.1 Å². The summed E-state index contributed by atoms with van der Waals surface area (Å²) in [6.45, 7) is 8.89. The van der Waals surface area contributed by atoms with Crippen molar-refractivity contribution in [3.05, 3.63) is 59.3 Å². The van der Waals surface area contributed by atoms with Crippen LogP contribution < -0.4 is 10.6 Å². The van der Waals surface area contributed by atoms with Gasteiger partial charge in [-0.3, -0.25) is 0 Å². The lowest BCUT2D eigenvalue weighted by atomic mass is 9.85. The van der Waals surface area contributed by atoms with Crippen molar-refractivity contribution in [2.24, 2.45) is 0 Å². The number of aryl methyl sites for hydroxylation is 1. The lowest BCUT2D eigenvalue weighted by molar-refractivity contribution is 0.145. The Hall–Kier alpha value is -3.35. The molecule has 0 aliphatic heterocycles. The number of anilines is 1. The second kappa shape index (κ2) is 8.65. The Balaban J connectivity index is 1.48. The predicted octanol–water partition coefficient (Wildman–Crippen LogP) is 5.54. The SMILES string of the molecule is CCCOC(=O)n1ncc2c(NC(=O)N[C@@H]3CCc4cc(C(C)(C)C)ccc43)cccc21. The van der Waals surface area contributed by atoms with Crippen LogP contribution in [-0.4, -0.2) is 28.5 Å². The van der Waals surface area contributed by atoms with Gasteiger partial charge in [0.25, 0.3) is 0 Å². The zero-order valence-corrected chi connectivity index (χ0v) is 19.1. The van der Waals surface area contributed by atoms with E-state index in [9.17, 15) is 9.59 Å². The monoisotopic (exact) mass is 434 g/mol. The Morgan fingerprint density at radius 1 is 1.22 bits per heavy atom. The molecule has 1 aromatic heterocycles. The van der Waals surface area contributed by atoms with Crippen molar-refractivity contribution in [3.8, 4) is 0 Å². The second-order valence-electron chi connectivity index (χ2n) is 9.26. The van der Waals surface area contributed by atoms with Gasteiger partial charge >= 0.3 is 12.1 Å². The average molecular weight is 435 g/mol. The van der Waals surface area contributed by atoms with Crippen molar-refractivity contribution in [2.45, 2.75) is 58.4 Å². The number of nitrogens with zero attached hydrogens (tertiary/aromatic N) is 2. The number of carbonyl (C=O) groups excluding carboxylic acids is 2. The average Bonchev–Trinajstić information content (AvgIpc) is 3.36. The molecule has 0 unspecified atom stereocenters. The minimum atomic E-state index is -0.527. The van der Waals surface area contributed by atoms with Crippen LogP contribution in [0.1, 0.15) is 63.3 Å². The van der Waals surface area contributed by atoms with Crippen LogP contribution in [0, 0.1) is 0 Å². The van der Waals surface area contributed by atoms with Crippen LogP contribution in [0.25, 0.3) is 10.9 Å². The maximum Gasteiger partial charge on any atom is 0.435 e. The summed E-state index contributed by atoms with van der Waals surface area (Å²) in [5, 5.41) is 10.8. The number of fused-ring (bicyclic) bond motifs is 2. The number of hydrogen-bond acceptors (Lipinski definition) is 4. The number of nitrogens with one attached hydrogen (secondary N) is 2. The summed E-state index contributed by atoms with van der Waals surface area (Å²) in [6, 6.07) is 11.6. The molecule has 1 atom stereocenters. The molecule has 168 valence electrons. The second-order valence-corrected chi connectivity index (χ2v) is 9.26. The maximum absolute atomic E-state index is 12.8. The fourth-order valence-corrected chi connectivity index (χ4v) is 4.11. The number of ether oxygens (including phenoxy) is 1. The highest BCUT2D eigenvalue weighted by Crippen LogP contribution is 2.34. The van der Waals surface area contributed by atoms with E-state index in [1.165, 1.54) is 21.4 Å². The Morgan fingerprint density at radius 2 is 2.03 bits per heavy atom. The molecule has 7 nitrogen and oxygen atoms in total. The molecule has 0 saturated carbocycles. The van der Waals surface area contributed by atoms with Gasteiger partial charge in [0, 0.05) is 5.39 Å². The molecule has 2 amide bonds. The number of carbonyl (C=O) groups is 2. The van der Waals surface area contributed by atoms with E-state index in [-0.39, 0.29) is 17.5 Å². The minimum Gasteiger partial charge on any atom is -0.448 e. The number of amides is 2. The fraction of sp³-hybridized carbons (Fsp3) is 0.400. The standard InChI is InChI=1S/C25H30N4O3/c1-5-13-32-24(31)29-22-8-6-7-20(19(22)15-26-29)27-23(30)28-21-12-9-16-14-17(25(2,3)4)10-11-18(16)21/h6-8,10-11,14-15,21H,5,9,12-13H2,1-4H3,(H2,27,28,30)/t21-/m1/s1. The van der Waals surface area contributed by atoms with Crippen molar-refractivity contribution >= 4 is 28.7 Å². The van der Waals surface area contributed by atoms with Crippen LogP contribution in [0.3, 0.4) is 0 Å². The number of aromatic nitrogens is 2. The highest BCUT2D eigenvalue weighted by molar-refractivity contribution is 6.02.